The van der Waals surface area contributed by atoms with Crippen molar-refractivity contribution in [1.82, 2.24) is 5.32 Å². The summed E-state index contributed by atoms with van der Waals surface area (Å²) in [6, 6.07) is -0.873. The molecule has 2 N–H and O–H groups in total. The first-order chi connectivity index (χ1) is 7.11. The Morgan fingerprint density at radius 3 is 2.73 bits per heavy atom. The van der Waals surface area contributed by atoms with E-state index in [0.717, 1.165) is 0 Å². The predicted molar refractivity (Wildman–Crippen MR) is 55.5 cm³/mol. The Morgan fingerprint density at radius 2 is 2.27 bits per heavy atom. The topological polar surface area (TPSA) is 75.6 Å². The lowest BCUT2D eigenvalue weighted by Crippen LogP contribution is -2.41. The van der Waals surface area contributed by atoms with Crippen molar-refractivity contribution in [3.05, 3.63) is 12.7 Å². The highest BCUT2D eigenvalue weighted by molar-refractivity contribution is 5.83. The molecule has 1 atom stereocenters. The van der Waals surface area contributed by atoms with Gasteiger partial charge in [-0.1, -0.05) is 6.08 Å². The van der Waals surface area contributed by atoms with Crippen molar-refractivity contribution in [1.29, 1.82) is 0 Å². The zero-order valence-corrected chi connectivity index (χ0v) is 8.86. The van der Waals surface area contributed by atoms with Gasteiger partial charge >= 0.3 is 5.97 Å². The van der Waals surface area contributed by atoms with Crippen molar-refractivity contribution < 1.29 is 19.4 Å². The molecule has 0 aliphatic carbocycles. The first-order valence-electron chi connectivity index (χ1n) is 4.73. The Hall–Kier alpha value is -1.36. The fourth-order valence-electron chi connectivity index (χ4n) is 0.993. The number of rotatable bonds is 8. The van der Waals surface area contributed by atoms with Crippen molar-refractivity contribution in [3.8, 4) is 0 Å². The zero-order valence-electron chi connectivity index (χ0n) is 8.86. The molecule has 1 amide bonds. The monoisotopic (exact) mass is 215 g/mol. The number of carboxylic acid groups (broad SMARTS) is 1. The minimum Gasteiger partial charge on any atom is -0.480 e. The molecule has 0 radical (unpaired) electrons. The number of allylic oxidation sites excluding steroid dienone is 1. The molecule has 1 unspecified atom stereocenters. The highest BCUT2D eigenvalue weighted by Gasteiger charge is 2.18. The summed E-state index contributed by atoms with van der Waals surface area (Å²) in [5.41, 5.74) is 0. The van der Waals surface area contributed by atoms with Crippen molar-refractivity contribution in [3.63, 3.8) is 0 Å². The van der Waals surface area contributed by atoms with E-state index in [9.17, 15) is 9.59 Å². The molecular weight excluding hydrogens is 198 g/mol. The molecule has 0 fully saturated rings. The van der Waals surface area contributed by atoms with Crippen LogP contribution in [0.25, 0.3) is 0 Å². The Bertz CT molecular complexity index is 227. The van der Waals surface area contributed by atoms with Gasteiger partial charge in [0.2, 0.25) is 5.91 Å². The third kappa shape index (κ3) is 6.68. The summed E-state index contributed by atoms with van der Waals surface area (Å²) in [6.07, 6.45) is 2.69. The smallest absolute Gasteiger partial charge is 0.326 e. The summed E-state index contributed by atoms with van der Waals surface area (Å²) in [6.45, 7) is 3.78. The van der Waals surface area contributed by atoms with E-state index in [2.05, 4.69) is 11.9 Å². The molecule has 0 heterocycles. The molecule has 0 aromatic carbocycles. The summed E-state index contributed by atoms with van der Waals surface area (Å²) in [5.74, 6) is -1.32. The zero-order chi connectivity index (χ0) is 11.7. The average molecular weight is 215 g/mol. The number of amides is 1. The van der Waals surface area contributed by atoms with Crippen LogP contribution in [0.1, 0.15) is 19.3 Å². The van der Waals surface area contributed by atoms with Crippen molar-refractivity contribution in [2.75, 3.05) is 13.7 Å². The van der Waals surface area contributed by atoms with E-state index in [0.29, 0.717) is 13.0 Å². The summed E-state index contributed by atoms with van der Waals surface area (Å²) in [5, 5.41) is 11.2. The number of aliphatic carboxylic acids is 1. The molecule has 0 saturated carbocycles. The Kier molecular flexibility index (Phi) is 7.27. The largest absolute Gasteiger partial charge is 0.480 e. The molecule has 0 saturated heterocycles. The van der Waals surface area contributed by atoms with Gasteiger partial charge in [0.15, 0.2) is 0 Å². The van der Waals surface area contributed by atoms with Gasteiger partial charge in [-0.05, 0) is 6.42 Å². The minimum absolute atomic E-state index is 0.264. The van der Waals surface area contributed by atoms with E-state index in [1.807, 2.05) is 0 Å². The Morgan fingerprint density at radius 1 is 1.60 bits per heavy atom. The SMILES string of the molecule is C=CCCC(=O)NC(CCOC)C(=O)O. The fourth-order valence-corrected chi connectivity index (χ4v) is 0.993. The number of hydrogen-bond acceptors (Lipinski definition) is 3. The molecule has 0 spiro atoms. The van der Waals surface area contributed by atoms with Gasteiger partial charge in [-0.15, -0.1) is 6.58 Å². The number of hydrogen-bond donors (Lipinski definition) is 2. The lowest BCUT2D eigenvalue weighted by molar-refractivity contribution is -0.142. The number of ether oxygens (including phenoxy) is 1. The van der Waals surface area contributed by atoms with Crippen LogP contribution in [0.15, 0.2) is 12.7 Å². The van der Waals surface area contributed by atoms with E-state index in [4.69, 9.17) is 9.84 Å². The highest BCUT2D eigenvalue weighted by Crippen LogP contribution is 1.96. The highest BCUT2D eigenvalue weighted by atomic mass is 16.5. The van der Waals surface area contributed by atoms with Gasteiger partial charge in [0, 0.05) is 26.6 Å². The van der Waals surface area contributed by atoms with Crippen LogP contribution in [-0.2, 0) is 14.3 Å². The predicted octanol–water partition coefficient (Wildman–Crippen LogP) is 0.558. The third-order valence-corrected chi connectivity index (χ3v) is 1.82. The van der Waals surface area contributed by atoms with E-state index in [-0.39, 0.29) is 18.7 Å². The molecule has 0 aliphatic rings. The maximum atomic E-state index is 11.2. The third-order valence-electron chi connectivity index (χ3n) is 1.82. The maximum absolute atomic E-state index is 11.2. The first-order valence-corrected chi connectivity index (χ1v) is 4.73. The van der Waals surface area contributed by atoms with Crippen LogP contribution in [0.4, 0.5) is 0 Å². The molecule has 15 heavy (non-hydrogen) atoms. The molecule has 0 aromatic heterocycles. The second-order valence-corrected chi connectivity index (χ2v) is 3.07. The normalized spacial score (nSPS) is 11.8. The van der Waals surface area contributed by atoms with E-state index in [1.165, 1.54) is 7.11 Å². The van der Waals surface area contributed by atoms with Gasteiger partial charge in [0.1, 0.15) is 6.04 Å². The van der Waals surface area contributed by atoms with Crippen LogP contribution < -0.4 is 5.32 Å². The number of carbonyl (C=O) groups is 2. The summed E-state index contributed by atoms with van der Waals surface area (Å²) >= 11 is 0. The number of carboxylic acids is 1. The second kappa shape index (κ2) is 7.99. The molecule has 86 valence electrons. The van der Waals surface area contributed by atoms with Gasteiger partial charge in [-0.3, -0.25) is 4.79 Å². The average Bonchev–Trinajstić information content (AvgIpc) is 2.20. The standard InChI is InChI=1S/C10H17NO4/c1-3-4-5-9(12)11-8(10(13)14)6-7-15-2/h3,8H,1,4-7H2,2H3,(H,11,12)(H,13,14). The van der Waals surface area contributed by atoms with E-state index < -0.39 is 12.0 Å². The Balaban J connectivity index is 3.98. The van der Waals surface area contributed by atoms with Crippen LogP contribution in [0.5, 0.6) is 0 Å². The lowest BCUT2D eigenvalue weighted by atomic mass is 10.2. The minimum atomic E-state index is -1.04. The number of nitrogens with one attached hydrogen (secondary N) is 1. The number of carbonyl (C=O) groups excluding carboxylic acids is 1. The Labute approximate surface area is 89.1 Å². The van der Waals surface area contributed by atoms with Gasteiger partial charge in [-0.2, -0.15) is 0 Å². The van der Waals surface area contributed by atoms with E-state index in [1.54, 1.807) is 6.08 Å². The van der Waals surface area contributed by atoms with E-state index >= 15 is 0 Å². The molecule has 0 bridgehead atoms. The molecular formula is C10H17NO4. The first kappa shape index (κ1) is 13.6. The summed E-state index contributed by atoms with van der Waals surface area (Å²) < 4.78 is 4.75. The molecule has 0 rings (SSSR count). The van der Waals surface area contributed by atoms with Crippen LogP contribution >= 0.6 is 0 Å². The van der Waals surface area contributed by atoms with Gasteiger partial charge in [-0.25, -0.2) is 4.79 Å². The summed E-state index contributed by atoms with van der Waals surface area (Å²) in [7, 11) is 1.48. The summed E-state index contributed by atoms with van der Waals surface area (Å²) in [4.78, 5) is 21.9. The molecule has 5 heteroatoms. The van der Waals surface area contributed by atoms with Crippen LogP contribution in [-0.4, -0.2) is 36.7 Å². The molecule has 5 nitrogen and oxygen atoms in total. The quantitative estimate of drug-likeness (QED) is 0.580. The fraction of sp³-hybridized carbons (Fsp3) is 0.600. The maximum Gasteiger partial charge on any atom is 0.326 e. The van der Waals surface area contributed by atoms with Gasteiger partial charge in [0.05, 0.1) is 0 Å². The number of methoxy groups -OCH3 is 1. The van der Waals surface area contributed by atoms with Crippen molar-refractivity contribution >= 4 is 11.9 Å². The van der Waals surface area contributed by atoms with Crippen LogP contribution in [0.2, 0.25) is 0 Å². The molecule has 0 aromatic rings. The van der Waals surface area contributed by atoms with Crippen molar-refractivity contribution in [2.24, 2.45) is 0 Å². The second-order valence-electron chi connectivity index (χ2n) is 3.07. The van der Waals surface area contributed by atoms with Gasteiger partial charge < -0.3 is 15.2 Å². The van der Waals surface area contributed by atoms with Crippen LogP contribution in [0.3, 0.4) is 0 Å². The van der Waals surface area contributed by atoms with Crippen LogP contribution in [0, 0.1) is 0 Å². The van der Waals surface area contributed by atoms with Gasteiger partial charge in [0.25, 0.3) is 0 Å². The molecule has 0 aliphatic heterocycles. The lowest BCUT2D eigenvalue weighted by Gasteiger charge is -2.13. The van der Waals surface area contributed by atoms with Crippen molar-refractivity contribution in [2.45, 2.75) is 25.3 Å².